The first-order valence-electron chi connectivity index (χ1n) is 7.76. The molecule has 0 aliphatic carbocycles. The number of amides is 1. The number of hydrogen-bond donors (Lipinski definition) is 2. The topological polar surface area (TPSA) is 58.6 Å². The number of phenolic OH excluding ortho intramolecular Hbond substituents is 1. The monoisotopic (exact) mass is 313 g/mol. The number of hydrogen-bond acceptors (Lipinski definition) is 3. The highest BCUT2D eigenvalue weighted by Gasteiger charge is 2.21. The molecule has 2 N–H and O–H groups in total. The molecule has 0 radical (unpaired) electrons. The van der Waals surface area contributed by atoms with E-state index in [1.54, 1.807) is 19.2 Å². The van der Waals surface area contributed by atoms with Crippen LogP contribution in [0.1, 0.15) is 30.6 Å². The molecule has 23 heavy (non-hydrogen) atoms. The molecule has 2 atom stereocenters. The molecule has 0 aliphatic rings. The van der Waals surface area contributed by atoms with Crippen LogP contribution in [0.4, 0.5) is 0 Å². The van der Waals surface area contributed by atoms with Crippen molar-refractivity contribution in [2.75, 3.05) is 7.11 Å². The molecule has 0 unspecified atom stereocenters. The van der Waals surface area contributed by atoms with Crippen LogP contribution in [0.25, 0.3) is 0 Å². The van der Waals surface area contributed by atoms with E-state index in [-0.39, 0.29) is 17.7 Å². The summed E-state index contributed by atoms with van der Waals surface area (Å²) in [4.78, 5) is 12.4. The van der Waals surface area contributed by atoms with Crippen molar-refractivity contribution in [3.05, 3.63) is 65.7 Å². The summed E-state index contributed by atoms with van der Waals surface area (Å²) in [7, 11) is 1.54. The van der Waals surface area contributed by atoms with Gasteiger partial charge in [0.05, 0.1) is 0 Å². The fourth-order valence-electron chi connectivity index (χ4n) is 2.46. The van der Waals surface area contributed by atoms with Gasteiger partial charge in [0.1, 0.15) is 5.75 Å². The lowest BCUT2D eigenvalue weighted by molar-refractivity contribution is -0.132. The predicted octanol–water partition coefficient (Wildman–Crippen LogP) is 3.22. The molecule has 1 amide bonds. The predicted molar refractivity (Wildman–Crippen MR) is 90.2 cm³/mol. The summed E-state index contributed by atoms with van der Waals surface area (Å²) in [5.41, 5.74) is 1.98. The standard InChI is InChI=1S/C19H23NO3/c1-14(8-9-15-10-12-17(21)13-11-15)20-19(22)18(23-2)16-6-4-3-5-7-16/h3-7,10-14,18,21H,8-9H2,1-2H3,(H,20,22)/t14-,18+/m0/s1. The van der Waals surface area contributed by atoms with Crippen molar-refractivity contribution in [1.82, 2.24) is 5.32 Å². The first-order chi connectivity index (χ1) is 11.1. The maximum Gasteiger partial charge on any atom is 0.253 e. The van der Waals surface area contributed by atoms with Gasteiger partial charge in [0.2, 0.25) is 0 Å². The van der Waals surface area contributed by atoms with Crippen LogP contribution in [0.15, 0.2) is 54.6 Å². The Labute approximate surface area is 137 Å². The van der Waals surface area contributed by atoms with Crippen LogP contribution in [0.2, 0.25) is 0 Å². The molecule has 122 valence electrons. The third kappa shape index (κ3) is 5.11. The van der Waals surface area contributed by atoms with Crippen molar-refractivity contribution in [3.63, 3.8) is 0 Å². The van der Waals surface area contributed by atoms with E-state index in [1.165, 1.54) is 0 Å². The van der Waals surface area contributed by atoms with E-state index < -0.39 is 6.10 Å². The summed E-state index contributed by atoms with van der Waals surface area (Å²) in [5, 5.41) is 12.3. The van der Waals surface area contributed by atoms with E-state index in [1.807, 2.05) is 49.4 Å². The highest BCUT2D eigenvalue weighted by atomic mass is 16.5. The summed E-state index contributed by atoms with van der Waals surface area (Å²) in [6, 6.07) is 16.6. The Morgan fingerprint density at radius 3 is 2.39 bits per heavy atom. The maximum absolute atomic E-state index is 12.4. The van der Waals surface area contributed by atoms with Crippen LogP contribution in [-0.2, 0) is 16.0 Å². The Morgan fingerprint density at radius 2 is 1.78 bits per heavy atom. The maximum atomic E-state index is 12.4. The quantitative estimate of drug-likeness (QED) is 0.825. The zero-order chi connectivity index (χ0) is 16.7. The van der Waals surface area contributed by atoms with Crippen LogP contribution in [0, 0.1) is 0 Å². The van der Waals surface area contributed by atoms with E-state index in [2.05, 4.69) is 5.32 Å². The summed E-state index contributed by atoms with van der Waals surface area (Å²) in [6.07, 6.45) is 1.07. The largest absolute Gasteiger partial charge is 0.508 e. The van der Waals surface area contributed by atoms with Crippen molar-refractivity contribution in [2.24, 2.45) is 0 Å². The zero-order valence-corrected chi connectivity index (χ0v) is 13.5. The van der Waals surface area contributed by atoms with Crippen LogP contribution in [0.5, 0.6) is 5.75 Å². The third-order valence-electron chi connectivity index (χ3n) is 3.77. The summed E-state index contributed by atoms with van der Waals surface area (Å²) in [6.45, 7) is 1.98. The van der Waals surface area contributed by atoms with Gasteiger partial charge in [-0.3, -0.25) is 4.79 Å². The minimum atomic E-state index is -0.590. The Balaban J connectivity index is 1.87. The van der Waals surface area contributed by atoms with Gasteiger partial charge in [-0.25, -0.2) is 0 Å². The lowest BCUT2D eigenvalue weighted by atomic mass is 10.0. The molecular weight excluding hydrogens is 290 g/mol. The molecule has 0 bridgehead atoms. The molecule has 0 saturated heterocycles. The fraction of sp³-hybridized carbons (Fsp3) is 0.316. The highest BCUT2D eigenvalue weighted by molar-refractivity contribution is 5.82. The first kappa shape index (κ1) is 17.0. The fourth-order valence-corrected chi connectivity index (χ4v) is 2.46. The van der Waals surface area contributed by atoms with Crippen LogP contribution >= 0.6 is 0 Å². The van der Waals surface area contributed by atoms with E-state index in [0.717, 1.165) is 24.0 Å². The number of aryl methyl sites for hydroxylation is 1. The van der Waals surface area contributed by atoms with Gasteiger partial charge in [0.15, 0.2) is 6.10 Å². The minimum absolute atomic E-state index is 0.0395. The van der Waals surface area contributed by atoms with Crippen molar-refractivity contribution in [2.45, 2.75) is 31.9 Å². The van der Waals surface area contributed by atoms with Gasteiger partial charge < -0.3 is 15.2 Å². The van der Waals surface area contributed by atoms with Gasteiger partial charge in [-0.15, -0.1) is 0 Å². The number of carbonyl (C=O) groups excluding carboxylic acids is 1. The zero-order valence-electron chi connectivity index (χ0n) is 13.5. The lowest BCUT2D eigenvalue weighted by Crippen LogP contribution is -2.37. The van der Waals surface area contributed by atoms with Gasteiger partial charge >= 0.3 is 0 Å². The Hall–Kier alpha value is -2.33. The smallest absolute Gasteiger partial charge is 0.253 e. The van der Waals surface area contributed by atoms with Crippen molar-refractivity contribution in [3.8, 4) is 5.75 Å². The van der Waals surface area contributed by atoms with Crippen LogP contribution in [-0.4, -0.2) is 24.2 Å². The molecule has 2 rings (SSSR count). The van der Waals surface area contributed by atoms with Gasteiger partial charge in [-0.2, -0.15) is 0 Å². The molecule has 0 heterocycles. The number of carbonyl (C=O) groups is 1. The molecule has 0 fully saturated rings. The second-order valence-electron chi connectivity index (χ2n) is 5.64. The normalized spacial score (nSPS) is 13.3. The molecule has 4 nitrogen and oxygen atoms in total. The number of ether oxygens (including phenoxy) is 1. The first-order valence-corrected chi connectivity index (χ1v) is 7.76. The molecular formula is C19H23NO3. The molecule has 0 aliphatic heterocycles. The highest BCUT2D eigenvalue weighted by Crippen LogP contribution is 2.17. The average molecular weight is 313 g/mol. The Morgan fingerprint density at radius 1 is 1.13 bits per heavy atom. The van der Waals surface area contributed by atoms with Crippen LogP contribution in [0.3, 0.4) is 0 Å². The van der Waals surface area contributed by atoms with Gasteiger partial charge in [-0.05, 0) is 43.0 Å². The summed E-state index contributed by atoms with van der Waals surface area (Å²) >= 11 is 0. The third-order valence-corrected chi connectivity index (χ3v) is 3.77. The molecule has 4 heteroatoms. The van der Waals surface area contributed by atoms with Gasteiger partial charge in [0.25, 0.3) is 5.91 Å². The van der Waals surface area contributed by atoms with E-state index in [4.69, 9.17) is 4.74 Å². The van der Waals surface area contributed by atoms with Crippen LogP contribution < -0.4 is 5.32 Å². The molecule has 2 aromatic carbocycles. The molecule has 0 saturated carbocycles. The Bertz CT molecular complexity index is 610. The number of rotatable bonds is 7. The van der Waals surface area contributed by atoms with Crippen molar-refractivity contribution >= 4 is 5.91 Å². The van der Waals surface area contributed by atoms with Gasteiger partial charge in [-0.1, -0.05) is 42.5 Å². The van der Waals surface area contributed by atoms with Crippen molar-refractivity contribution in [1.29, 1.82) is 0 Å². The molecule has 0 spiro atoms. The average Bonchev–Trinajstić information content (AvgIpc) is 2.56. The second kappa shape index (κ2) is 8.34. The molecule has 2 aromatic rings. The minimum Gasteiger partial charge on any atom is -0.508 e. The van der Waals surface area contributed by atoms with E-state index >= 15 is 0 Å². The Kier molecular flexibility index (Phi) is 6.18. The summed E-state index contributed by atoms with van der Waals surface area (Å²) < 4.78 is 5.34. The van der Waals surface area contributed by atoms with Crippen molar-refractivity contribution < 1.29 is 14.6 Å². The number of benzene rings is 2. The number of aromatic hydroxyl groups is 1. The molecule has 0 aromatic heterocycles. The number of nitrogens with one attached hydrogen (secondary N) is 1. The van der Waals surface area contributed by atoms with E-state index in [9.17, 15) is 9.90 Å². The SMILES string of the molecule is CO[C@@H](C(=O)N[C@@H](C)CCc1ccc(O)cc1)c1ccccc1. The lowest BCUT2D eigenvalue weighted by Gasteiger charge is -2.19. The number of methoxy groups -OCH3 is 1. The number of phenols is 1. The second-order valence-corrected chi connectivity index (χ2v) is 5.64. The summed E-state index contributed by atoms with van der Waals surface area (Å²) in [5.74, 6) is 0.137. The van der Waals surface area contributed by atoms with Gasteiger partial charge in [0, 0.05) is 13.2 Å². The van der Waals surface area contributed by atoms with E-state index in [0.29, 0.717) is 0 Å².